The summed E-state index contributed by atoms with van der Waals surface area (Å²) < 4.78 is 5.77. The van der Waals surface area contributed by atoms with Crippen LogP contribution in [0.5, 0.6) is 5.75 Å². The normalized spacial score (nSPS) is 32.7. The van der Waals surface area contributed by atoms with Gasteiger partial charge in [0, 0.05) is 11.6 Å². The van der Waals surface area contributed by atoms with Crippen molar-refractivity contribution in [2.75, 3.05) is 6.61 Å². The van der Waals surface area contributed by atoms with Gasteiger partial charge in [0.05, 0.1) is 6.04 Å². The zero-order valence-electron chi connectivity index (χ0n) is 12.3. The number of ether oxygens (including phenoxy) is 1. The molecule has 1 aliphatic carbocycles. The van der Waals surface area contributed by atoms with E-state index < -0.39 is 0 Å². The molecular formula is C17H25NO. The van der Waals surface area contributed by atoms with Gasteiger partial charge in [0.2, 0.25) is 0 Å². The van der Waals surface area contributed by atoms with Gasteiger partial charge in [-0.15, -0.1) is 0 Å². The highest BCUT2D eigenvalue weighted by molar-refractivity contribution is 5.39. The van der Waals surface area contributed by atoms with Crippen LogP contribution in [0.2, 0.25) is 0 Å². The average molecular weight is 259 g/mol. The van der Waals surface area contributed by atoms with Crippen LogP contribution in [-0.4, -0.2) is 12.6 Å². The fourth-order valence-corrected chi connectivity index (χ4v) is 3.75. The largest absolute Gasteiger partial charge is 0.491 e. The first-order valence-electron chi connectivity index (χ1n) is 7.53. The maximum atomic E-state index is 5.77. The minimum atomic E-state index is 0.380. The molecule has 1 saturated carbocycles. The Bertz CT molecular complexity index is 454. The fraction of sp³-hybridized carbons (Fsp3) is 0.647. The van der Waals surface area contributed by atoms with Crippen LogP contribution < -0.4 is 10.1 Å². The number of hydrogen-bond acceptors (Lipinski definition) is 2. The van der Waals surface area contributed by atoms with Crippen molar-refractivity contribution >= 4 is 0 Å². The van der Waals surface area contributed by atoms with Crippen molar-refractivity contribution in [3.63, 3.8) is 0 Å². The van der Waals surface area contributed by atoms with E-state index in [-0.39, 0.29) is 0 Å². The summed E-state index contributed by atoms with van der Waals surface area (Å²) in [5.41, 5.74) is 1.85. The number of fused-ring (bicyclic) bond motifs is 1. The second kappa shape index (κ2) is 4.82. The predicted molar refractivity (Wildman–Crippen MR) is 78.4 cm³/mol. The first kappa shape index (κ1) is 13.0. The van der Waals surface area contributed by atoms with Crippen molar-refractivity contribution in [1.82, 2.24) is 5.32 Å². The third-order valence-electron chi connectivity index (χ3n) is 4.81. The molecule has 0 spiro atoms. The number of benzene rings is 1. The molecule has 1 heterocycles. The summed E-state index contributed by atoms with van der Waals surface area (Å²) in [6, 6.07) is 9.43. The van der Waals surface area contributed by atoms with E-state index in [9.17, 15) is 0 Å². The van der Waals surface area contributed by atoms with Crippen molar-refractivity contribution in [2.24, 2.45) is 11.3 Å². The molecule has 2 heteroatoms. The molecule has 0 saturated heterocycles. The lowest BCUT2D eigenvalue weighted by molar-refractivity contribution is 0.137. The lowest BCUT2D eigenvalue weighted by Crippen LogP contribution is -2.43. The summed E-state index contributed by atoms with van der Waals surface area (Å²) in [7, 11) is 0. The van der Waals surface area contributed by atoms with Gasteiger partial charge in [-0.3, -0.25) is 0 Å². The van der Waals surface area contributed by atoms with E-state index in [4.69, 9.17) is 4.74 Å². The molecule has 3 rings (SSSR count). The third kappa shape index (κ3) is 2.64. The lowest BCUT2D eigenvalue weighted by atomic mass is 9.70. The highest BCUT2D eigenvalue weighted by Gasteiger charge is 2.35. The summed E-state index contributed by atoms with van der Waals surface area (Å²) >= 11 is 0. The van der Waals surface area contributed by atoms with Crippen LogP contribution in [0, 0.1) is 11.3 Å². The van der Waals surface area contributed by atoms with E-state index >= 15 is 0 Å². The maximum Gasteiger partial charge on any atom is 0.124 e. The molecule has 0 radical (unpaired) electrons. The second-order valence-corrected chi connectivity index (χ2v) is 7.06. The first-order valence-corrected chi connectivity index (χ1v) is 7.53. The Hall–Kier alpha value is -1.02. The van der Waals surface area contributed by atoms with Crippen molar-refractivity contribution in [1.29, 1.82) is 0 Å². The Balaban J connectivity index is 1.67. The Labute approximate surface area is 116 Å². The zero-order valence-corrected chi connectivity index (χ0v) is 12.3. The van der Waals surface area contributed by atoms with Gasteiger partial charge in [-0.2, -0.15) is 0 Å². The van der Waals surface area contributed by atoms with Crippen molar-refractivity contribution in [2.45, 2.75) is 52.1 Å². The first-order chi connectivity index (χ1) is 9.05. The van der Waals surface area contributed by atoms with E-state index in [1.165, 1.54) is 24.8 Å². The summed E-state index contributed by atoms with van der Waals surface area (Å²) in [5, 5.41) is 3.84. The number of nitrogens with one attached hydrogen (secondary N) is 1. The van der Waals surface area contributed by atoms with Crippen LogP contribution in [0.25, 0.3) is 0 Å². The van der Waals surface area contributed by atoms with Gasteiger partial charge in [0.25, 0.3) is 0 Å². The Kier molecular flexibility index (Phi) is 3.30. The SMILES string of the molecule is CC1CC(C)(C)CCC1NC1COc2ccccc21. The minimum absolute atomic E-state index is 0.380. The van der Waals surface area contributed by atoms with E-state index in [0.717, 1.165) is 18.3 Å². The van der Waals surface area contributed by atoms with Gasteiger partial charge >= 0.3 is 0 Å². The van der Waals surface area contributed by atoms with Crippen LogP contribution in [0.1, 0.15) is 51.6 Å². The number of rotatable bonds is 2. The molecule has 19 heavy (non-hydrogen) atoms. The monoisotopic (exact) mass is 259 g/mol. The number of hydrogen-bond donors (Lipinski definition) is 1. The average Bonchev–Trinajstić information content (AvgIpc) is 2.76. The van der Waals surface area contributed by atoms with Gasteiger partial charge in [-0.05, 0) is 36.7 Å². The van der Waals surface area contributed by atoms with Crippen molar-refractivity contribution in [3.05, 3.63) is 29.8 Å². The van der Waals surface area contributed by atoms with Crippen molar-refractivity contribution in [3.8, 4) is 5.75 Å². The molecule has 2 nitrogen and oxygen atoms in total. The molecule has 1 fully saturated rings. The third-order valence-corrected chi connectivity index (χ3v) is 4.81. The molecule has 1 aromatic rings. The second-order valence-electron chi connectivity index (χ2n) is 7.06. The van der Waals surface area contributed by atoms with Gasteiger partial charge in [-0.1, -0.05) is 39.0 Å². The molecule has 0 bridgehead atoms. The van der Waals surface area contributed by atoms with E-state index in [1.54, 1.807) is 0 Å². The Morgan fingerprint density at radius 1 is 1.26 bits per heavy atom. The maximum absolute atomic E-state index is 5.77. The molecule has 1 N–H and O–H groups in total. The zero-order chi connectivity index (χ0) is 13.5. The molecule has 3 unspecified atom stereocenters. The highest BCUT2D eigenvalue weighted by Crippen LogP contribution is 2.40. The van der Waals surface area contributed by atoms with Crippen LogP contribution in [-0.2, 0) is 0 Å². The quantitative estimate of drug-likeness (QED) is 0.869. The molecule has 1 aromatic carbocycles. The Morgan fingerprint density at radius 2 is 2.05 bits per heavy atom. The topological polar surface area (TPSA) is 21.3 Å². The molecule has 2 aliphatic rings. The van der Waals surface area contributed by atoms with Gasteiger partial charge < -0.3 is 10.1 Å². The fourth-order valence-electron chi connectivity index (χ4n) is 3.75. The molecule has 104 valence electrons. The molecule has 0 amide bonds. The standard InChI is InChI=1S/C17H25NO/c1-12-10-17(2,3)9-8-14(12)18-15-11-19-16-7-5-4-6-13(15)16/h4-7,12,14-15,18H,8-11H2,1-3H3. The molecule has 0 aromatic heterocycles. The predicted octanol–water partition coefficient (Wildman–Crippen LogP) is 3.92. The van der Waals surface area contributed by atoms with Crippen LogP contribution in [0.4, 0.5) is 0 Å². The molecule has 3 atom stereocenters. The summed E-state index contributed by atoms with van der Waals surface area (Å²) in [6.07, 6.45) is 3.93. The van der Waals surface area contributed by atoms with Crippen LogP contribution >= 0.6 is 0 Å². The van der Waals surface area contributed by atoms with E-state index in [1.807, 2.05) is 6.07 Å². The minimum Gasteiger partial charge on any atom is -0.491 e. The lowest BCUT2D eigenvalue weighted by Gasteiger charge is -2.40. The summed E-state index contributed by atoms with van der Waals surface area (Å²) in [5.74, 6) is 1.81. The van der Waals surface area contributed by atoms with Gasteiger partial charge in [0.15, 0.2) is 0 Å². The number of para-hydroxylation sites is 1. The van der Waals surface area contributed by atoms with E-state index in [2.05, 4.69) is 44.3 Å². The van der Waals surface area contributed by atoms with Gasteiger partial charge in [0.1, 0.15) is 12.4 Å². The summed E-state index contributed by atoms with van der Waals surface area (Å²) in [4.78, 5) is 0. The summed E-state index contributed by atoms with van der Waals surface area (Å²) in [6.45, 7) is 7.97. The smallest absolute Gasteiger partial charge is 0.124 e. The van der Waals surface area contributed by atoms with E-state index in [0.29, 0.717) is 17.5 Å². The molecular weight excluding hydrogens is 234 g/mol. The Morgan fingerprint density at radius 3 is 2.84 bits per heavy atom. The van der Waals surface area contributed by atoms with Crippen molar-refractivity contribution < 1.29 is 4.74 Å². The highest BCUT2D eigenvalue weighted by atomic mass is 16.5. The van der Waals surface area contributed by atoms with Gasteiger partial charge in [-0.25, -0.2) is 0 Å². The van der Waals surface area contributed by atoms with Crippen LogP contribution in [0.15, 0.2) is 24.3 Å². The molecule has 1 aliphatic heterocycles. The van der Waals surface area contributed by atoms with Crippen LogP contribution in [0.3, 0.4) is 0 Å².